The highest BCUT2D eigenvalue weighted by atomic mass is 127. The van der Waals surface area contributed by atoms with Crippen molar-refractivity contribution in [3.05, 3.63) is 26.5 Å². The molecule has 5 nitrogen and oxygen atoms in total. The zero-order valence-corrected chi connectivity index (χ0v) is 13.0. The van der Waals surface area contributed by atoms with Gasteiger partial charge in [0.05, 0.1) is 16.4 Å². The zero-order chi connectivity index (χ0) is 13.4. The van der Waals surface area contributed by atoms with Crippen LogP contribution in [0, 0.1) is 3.57 Å². The molecule has 0 amide bonds. The van der Waals surface area contributed by atoms with E-state index < -0.39 is 0 Å². The van der Waals surface area contributed by atoms with Gasteiger partial charge in [0.2, 0.25) is 5.88 Å². The van der Waals surface area contributed by atoms with Gasteiger partial charge in [0.25, 0.3) is 0 Å². The lowest BCUT2D eigenvalue weighted by atomic mass is 10.2. The minimum Gasteiger partial charge on any atom is -0.480 e. The summed E-state index contributed by atoms with van der Waals surface area (Å²) in [5.74, 6) is 1.49. The van der Waals surface area contributed by atoms with Crippen molar-refractivity contribution in [1.29, 1.82) is 0 Å². The highest BCUT2D eigenvalue weighted by Crippen LogP contribution is 2.42. The Morgan fingerprint density at radius 1 is 1.26 bits per heavy atom. The monoisotopic (exact) mass is 388 g/mol. The van der Waals surface area contributed by atoms with Gasteiger partial charge in [-0.25, -0.2) is 9.97 Å². The van der Waals surface area contributed by atoms with Crippen LogP contribution in [0.1, 0.15) is 24.5 Å². The first-order valence-electron chi connectivity index (χ1n) is 5.80. The van der Waals surface area contributed by atoms with Gasteiger partial charge in [0, 0.05) is 12.0 Å². The van der Waals surface area contributed by atoms with E-state index in [9.17, 15) is 0 Å². The van der Waals surface area contributed by atoms with Crippen LogP contribution in [0.25, 0.3) is 11.5 Å². The molecule has 1 saturated carbocycles. The first kappa shape index (κ1) is 13.0. The second-order valence-corrected chi connectivity index (χ2v) is 5.71. The number of ether oxygens (including phenoxy) is 1. The Bertz CT molecular complexity index is 616. The Labute approximate surface area is 128 Å². The Morgan fingerprint density at radius 2 is 2.05 bits per heavy atom. The SMILES string of the molecule is COc1ccc(-c2nc(Cl)c(I)c(C3CC3)n2)nn1. The van der Waals surface area contributed by atoms with Crippen molar-refractivity contribution >= 4 is 34.2 Å². The minimum absolute atomic E-state index is 0.461. The van der Waals surface area contributed by atoms with E-state index >= 15 is 0 Å². The van der Waals surface area contributed by atoms with Gasteiger partial charge in [-0.2, -0.15) is 0 Å². The molecule has 2 aromatic heterocycles. The predicted molar refractivity (Wildman–Crippen MR) is 79.3 cm³/mol. The summed E-state index contributed by atoms with van der Waals surface area (Å²) >= 11 is 8.36. The molecule has 1 fully saturated rings. The van der Waals surface area contributed by atoms with Crippen molar-refractivity contribution in [2.24, 2.45) is 0 Å². The number of halogens is 2. The third kappa shape index (κ3) is 2.64. The molecular formula is C12H10ClIN4O. The maximum absolute atomic E-state index is 6.17. The molecule has 0 atom stereocenters. The summed E-state index contributed by atoms with van der Waals surface area (Å²) < 4.78 is 5.92. The molecule has 7 heteroatoms. The summed E-state index contributed by atoms with van der Waals surface area (Å²) in [6, 6.07) is 3.51. The molecule has 0 unspecified atom stereocenters. The van der Waals surface area contributed by atoms with E-state index in [-0.39, 0.29) is 0 Å². The molecule has 2 heterocycles. The van der Waals surface area contributed by atoms with Crippen molar-refractivity contribution in [3.63, 3.8) is 0 Å². The molecular weight excluding hydrogens is 379 g/mol. The fraction of sp³-hybridized carbons (Fsp3) is 0.333. The van der Waals surface area contributed by atoms with E-state index in [1.54, 1.807) is 19.2 Å². The van der Waals surface area contributed by atoms with Gasteiger partial charge >= 0.3 is 0 Å². The zero-order valence-electron chi connectivity index (χ0n) is 10.1. The van der Waals surface area contributed by atoms with Crippen LogP contribution in [-0.4, -0.2) is 27.3 Å². The average molecular weight is 389 g/mol. The molecule has 0 aliphatic heterocycles. The lowest BCUT2D eigenvalue weighted by Crippen LogP contribution is -2.01. The summed E-state index contributed by atoms with van der Waals surface area (Å²) in [7, 11) is 1.55. The van der Waals surface area contributed by atoms with E-state index in [4.69, 9.17) is 16.3 Å². The van der Waals surface area contributed by atoms with E-state index in [0.29, 0.717) is 28.5 Å². The number of aromatic nitrogens is 4. The lowest BCUT2D eigenvalue weighted by molar-refractivity contribution is 0.392. The molecule has 0 N–H and O–H groups in total. The summed E-state index contributed by atoms with van der Waals surface area (Å²) in [4.78, 5) is 8.85. The van der Waals surface area contributed by atoms with E-state index in [0.717, 1.165) is 22.1 Å². The molecule has 1 aliphatic carbocycles. The van der Waals surface area contributed by atoms with E-state index in [2.05, 4.69) is 42.8 Å². The number of hydrogen-bond acceptors (Lipinski definition) is 5. The Morgan fingerprint density at radius 3 is 2.63 bits per heavy atom. The number of hydrogen-bond donors (Lipinski definition) is 0. The quantitative estimate of drug-likeness (QED) is 0.597. The van der Waals surface area contributed by atoms with Crippen LogP contribution < -0.4 is 4.74 Å². The second kappa shape index (κ2) is 5.16. The van der Waals surface area contributed by atoms with Crippen molar-refractivity contribution in [2.45, 2.75) is 18.8 Å². The molecule has 0 radical (unpaired) electrons. The van der Waals surface area contributed by atoms with Gasteiger partial charge in [-0.3, -0.25) is 0 Å². The fourth-order valence-electron chi connectivity index (χ4n) is 1.73. The molecule has 1 aliphatic rings. The van der Waals surface area contributed by atoms with Crippen LogP contribution in [0.2, 0.25) is 5.15 Å². The topological polar surface area (TPSA) is 60.8 Å². The smallest absolute Gasteiger partial charge is 0.233 e. The first-order chi connectivity index (χ1) is 9.19. The normalized spacial score (nSPS) is 14.5. The largest absolute Gasteiger partial charge is 0.480 e. The number of nitrogens with zero attached hydrogens (tertiary/aromatic N) is 4. The van der Waals surface area contributed by atoms with Gasteiger partial charge in [0.15, 0.2) is 5.82 Å². The number of methoxy groups -OCH3 is 1. The van der Waals surface area contributed by atoms with Gasteiger partial charge in [-0.15, -0.1) is 10.2 Å². The standard InChI is InChI=1S/C12H10ClIN4O/c1-19-8-5-4-7(17-18-8)12-15-10(6-2-3-6)9(14)11(13)16-12/h4-6H,2-3H2,1H3. The van der Waals surface area contributed by atoms with Crippen LogP contribution >= 0.6 is 34.2 Å². The predicted octanol–water partition coefficient (Wildman–Crippen LogP) is 3.08. The second-order valence-electron chi connectivity index (χ2n) is 4.27. The molecule has 0 saturated heterocycles. The first-order valence-corrected chi connectivity index (χ1v) is 7.25. The third-order valence-electron chi connectivity index (χ3n) is 2.88. The van der Waals surface area contributed by atoms with Crippen LogP contribution in [-0.2, 0) is 0 Å². The maximum Gasteiger partial charge on any atom is 0.233 e. The van der Waals surface area contributed by atoms with Crippen molar-refractivity contribution in [2.75, 3.05) is 7.11 Å². The van der Waals surface area contributed by atoms with Crippen LogP contribution in [0.15, 0.2) is 12.1 Å². The molecule has 0 bridgehead atoms. The van der Waals surface area contributed by atoms with Crippen LogP contribution in [0.5, 0.6) is 5.88 Å². The highest BCUT2D eigenvalue weighted by Gasteiger charge is 2.29. The van der Waals surface area contributed by atoms with Crippen LogP contribution in [0.3, 0.4) is 0 Å². The van der Waals surface area contributed by atoms with Gasteiger partial charge in [0.1, 0.15) is 10.8 Å². The average Bonchev–Trinajstić information content (AvgIpc) is 3.26. The molecule has 0 aromatic carbocycles. The molecule has 0 spiro atoms. The molecule has 98 valence electrons. The Hall–Kier alpha value is -1.02. The van der Waals surface area contributed by atoms with Crippen molar-refractivity contribution in [3.8, 4) is 17.4 Å². The maximum atomic E-state index is 6.17. The van der Waals surface area contributed by atoms with Crippen LogP contribution in [0.4, 0.5) is 0 Å². The number of rotatable bonds is 3. The fourth-order valence-corrected chi connectivity index (χ4v) is 2.58. The summed E-state index contributed by atoms with van der Waals surface area (Å²) in [5, 5.41) is 8.45. The Kier molecular flexibility index (Phi) is 3.53. The molecule has 19 heavy (non-hydrogen) atoms. The van der Waals surface area contributed by atoms with E-state index in [1.807, 2.05) is 0 Å². The van der Waals surface area contributed by atoms with Crippen molar-refractivity contribution < 1.29 is 4.74 Å². The Balaban J connectivity index is 2.03. The third-order valence-corrected chi connectivity index (χ3v) is 4.53. The molecule has 3 rings (SSSR count). The summed E-state index contributed by atoms with van der Waals surface area (Å²) in [6.45, 7) is 0. The molecule has 2 aromatic rings. The van der Waals surface area contributed by atoms with Gasteiger partial charge < -0.3 is 4.74 Å². The highest BCUT2D eigenvalue weighted by molar-refractivity contribution is 14.1. The van der Waals surface area contributed by atoms with Crippen molar-refractivity contribution in [1.82, 2.24) is 20.2 Å². The summed E-state index contributed by atoms with van der Waals surface area (Å²) in [5.41, 5.74) is 1.62. The minimum atomic E-state index is 0.461. The van der Waals surface area contributed by atoms with Gasteiger partial charge in [-0.1, -0.05) is 11.6 Å². The lowest BCUT2D eigenvalue weighted by Gasteiger charge is -2.06. The van der Waals surface area contributed by atoms with Gasteiger partial charge in [-0.05, 0) is 41.5 Å². The summed E-state index contributed by atoms with van der Waals surface area (Å²) in [6.07, 6.45) is 2.33. The van der Waals surface area contributed by atoms with E-state index in [1.165, 1.54) is 0 Å².